The summed E-state index contributed by atoms with van der Waals surface area (Å²) in [5, 5.41) is 12.6. The number of benzene rings is 1. The predicted octanol–water partition coefficient (Wildman–Crippen LogP) is 1.34. The number of rotatable bonds is 3. The van der Waals surface area contributed by atoms with Crippen LogP contribution in [-0.4, -0.2) is 23.7 Å². The Labute approximate surface area is 91.3 Å². The largest absolute Gasteiger partial charge is 0.480 e. The van der Waals surface area contributed by atoms with E-state index in [-0.39, 0.29) is 5.69 Å². The van der Waals surface area contributed by atoms with Crippen LogP contribution in [0.25, 0.3) is 0 Å². The van der Waals surface area contributed by atoms with Gasteiger partial charge in [0.2, 0.25) is 0 Å². The minimum atomic E-state index is -1.17. The number of hydrogen-bond acceptors (Lipinski definition) is 2. The standard InChI is InChI=1S/C10H11FN2O3/c1-6-2-3-8(7(11)4-6)13-10(16)12-5-9(14)15/h2-4H,5H2,1H3,(H,14,15)(H2,12,13,16). The van der Waals surface area contributed by atoms with Gasteiger partial charge in [0.05, 0.1) is 5.69 Å². The molecule has 0 aliphatic rings. The number of halogens is 1. The molecule has 0 aliphatic heterocycles. The van der Waals surface area contributed by atoms with Gasteiger partial charge in [-0.1, -0.05) is 6.07 Å². The van der Waals surface area contributed by atoms with Gasteiger partial charge in [-0.05, 0) is 24.6 Å². The molecule has 0 heterocycles. The number of aryl methyl sites for hydroxylation is 1. The molecule has 0 spiro atoms. The molecule has 0 saturated heterocycles. The number of anilines is 1. The van der Waals surface area contributed by atoms with Crippen molar-refractivity contribution in [1.82, 2.24) is 5.32 Å². The van der Waals surface area contributed by atoms with E-state index < -0.39 is 24.4 Å². The van der Waals surface area contributed by atoms with Gasteiger partial charge in [-0.15, -0.1) is 0 Å². The number of aliphatic carboxylic acids is 1. The van der Waals surface area contributed by atoms with Gasteiger partial charge in [-0.25, -0.2) is 9.18 Å². The lowest BCUT2D eigenvalue weighted by atomic mass is 10.2. The van der Waals surface area contributed by atoms with Gasteiger partial charge >= 0.3 is 12.0 Å². The third-order valence-corrected chi connectivity index (χ3v) is 1.77. The number of hydrogen-bond donors (Lipinski definition) is 3. The first-order chi connectivity index (χ1) is 7.49. The molecule has 6 heteroatoms. The average molecular weight is 226 g/mol. The number of carbonyl (C=O) groups is 2. The number of carboxylic acid groups (broad SMARTS) is 1. The molecular formula is C10H11FN2O3. The Morgan fingerprint density at radius 1 is 1.44 bits per heavy atom. The van der Waals surface area contributed by atoms with Gasteiger partial charge in [0.1, 0.15) is 12.4 Å². The molecule has 16 heavy (non-hydrogen) atoms. The molecule has 0 fully saturated rings. The van der Waals surface area contributed by atoms with Crippen LogP contribution >= 0.6 is 0 Å². The molecule has 2 amide bonds. The van der Waals surface area contributed by atoms with Crippen molar-refractivity contribution >= 4 is 17.7 Å². The van der Waals surface area contributed by atoms with E-state index in [1.54, 1.807) is 13.0 Å². The molecule has 1 aromatic carbocycles. The van der Waals surface area contributed by atoms with Crippen molar-refractivity contribution in [1.29, 1.82) is 0 Å². The van der Waals surface area contributed by atoms with Crippen molar-refractivity contribution < 1.29 is 19.1 Å². The quantitative estimate of drug-likeness (QED) is 0.727. The fourth-order valence-electron chi connectivity index (χ4n) is 1.04. The predicted molar refractivity (Wildman–Crippen MR) is 55.8 cm³/mol. The summed E-state index contributed by atoms with van der Waals surface area (Å²) in [4.78, 5) is 21.3. The van der Waals surface area contributed by atoms with Gasteiger partial charge in [0, 0.05) is 0 Å². The lowest BCUT2D eigenvalue weighted by Gasteiger charge is -2.07. The maximum Gasteiger partial charge on any atom is 0.323 e. The highest BCUT2D eigenvalue weighted by Crippen LogP contribution is 2.14. The molecule has 3 N–H and O–H groups in total. The molecule has 0 radical (unpaired) electrons. The Morgan fingerprint density at radius 3 is 2.69 bits per heavy atom. The van der Waals surface area contributed by atoms with Gasteiger partial charge < -0.3 is 15.7 Å². The van der Waals surface area contributed by atoms with Crippen molar-refractivity contribution in [3.63, 3.8) is 0 Å². The van der Waals surface area contributed by atoms with E-state index in [9.17, 15) is 14.0 Å². The van der Waals surface area contributed by atoms with Crippen LogP contribution in [0.4, 0.5) is 14.9 Å². The zero-order valence-electron chi connectivity index (χ0n) is 8.58. The molecule has 86 valence electrons. The minimum Gasteiger partial charge on any atom is -0.480 e. The zero-order chi connectivity index (χ0) is 12.1. The smallest absolute Gasteiger partial charge is 0.323 e. The summed E-state index contributed by atoms with van der Waals surface area (Å²) in [6.07, 6.45) is 0. The van der Waals surface area contributed by atoms with Crippen LogP contribution in [0.5, 0.6) is 0 Å². The van der Waals surface area contributed by atoms with Crippen LogP contribution in [0.15, 0.2) is 18.2 Å². The summed E-state index contributed by atoms with van der Waals surface area (Å²) in [6, 6.07) is 3.55. The fourth-order valence-corrected chi connectivity index (χ4v) is 1.04. The Bertz CT molecular complexity index is 421. The summed E-state index contributed by atoms with van der Waals surface area (Å²) in [5.41, 5.74) is 0.738. The second-order valence-corrected chi connectivity index (χ2v) is 3.18. The first kappa shape index (κ1) is 12.0. The van der Waals surface area contributed by atoms with Crippen LogP contribution in [0, 0.1) is 12.7 Å². The zero-order valence-corrected chi connectivity index (χ0v) is 8.58. The van der Waals surface area contributed by atoms with E-state index in [4.69, 9.17) is 5.11 Å². The number of nitrogens with one attached hydrogen (secondary N) is 2. The molecule has 0 aromatic heterocycles. The lowest BCUT2D eigenvalue weighted by molar-refractivity contribution is -0.135. The first-order valence-electron chi connectivity index (χ1n) is 4.52. The third kappa shape index (κ3) is 3.56. The number of amides is 2. The first-order valence-corrected chi connectivity index (χ1v) is 4.52. The summed E-state index contributed by atoms with van der Waals surface area (Å²) in [6.45, 7) is 1.21. The monoisotopic (exact) mass is 226 g/mol. The minimum absolute atomic E-state index is 0.00786. The van der Waals surface area contributed by atoms with E-state index in [1.807, 2.05) is 0 Å². The molecule has 5 nitrogen and oxygen atoms in total. The summed E-state index contributed by atoms with van der Waals surface area (Å²) >= 11 is 0. The Morgan fingerprint density at radius 2 is 2.12 bits per heavy atom. The summed E-state index contributed by atoms with van der Waals surface area (Å²) < 4.78 is 13.3. The SMILES string of the molecule is Cc1ccc(NC(=O)NCC(=O)O)c(F)c1. The highest BCUT2D eigenvalue weighted by molar-refractivity contribution is 5.91. The van der Waals surface area contributed by atoms with Crippen molar-refractivity contribution in [2.45, 2.75) is 6.92 Å². The molecule has 0 aliphatic carbocycles. The molecular weight excluding hydrogens is 215 g/mol. The maximum absolute atomic E-state index is 13.3. The summed E-state index contributed by atoms with van der Waals surface area (Å²) in [7, 11) is 0. The van der Waals surface area contributed by atoms with Crippen LogP contribution < -0.4 is 10.6 Å². The number of carboxylic acids is 1. The van der Waals surface area contributed by atoms with Crippen molar-refractivity contribution in [3.05, 3.63) is 29.6 Å². The molecule has 0 saturated carbocycles. The van der Waals surface area contributed by atoms with E-state index in [0.29, 0.717) is 0 Å². The fraction of sp³-hybridized carbons (Fsp3) is 0.200. The van der Waals surface area contributed by atoms with Crippen LogP contribution in [0.1, 0.15) is 5.56 Å². The van der Waals surface area contributed by atoms with Gasteiger partial charge in [0.15, 0.2) is 0 Å². The topological polar surface area (TPSA) is 78.4 Å². The van der Waals surface area contributed by atoms with Gasteiger partial charge in [0.25, 0.3) is 0 Å². The number of carbonyl (C=O) groups excluding carboxylic acids is 1. The number of urea groups is 1. The second kappa shape index (κ2) is 5.11. The van der Waals surface area contributed by atoms with Crippen LogP contribution in [0.2, 0.25) is 0 Å². The van der Waals surface area contributed by atoms with Crippen LogP contribution in [0.3, 0.4) is 0 Å². The Kier molecular flexibility index (Phi) is 3.82. The highest BCUT2D eigenvalue weighted by Gasteiger charge is 2.07. The van der Waals surface area contributed by atoms with Crippen molar-refractivity contribution in [2.75, 3.05) is 11.9 Å². The molecule has 0 atom stereocenters. The molecule has 1 rings (SSSR count). The van der Waals surface area contributed by atoms with Gasteiger partial charge in [-0.2, -0.15) is 0 Å². The van der Waals surface area contributed by atoms with E-state index in [0.717, 1.165) is 5.56 Å². The highest BCUT2D eigenvalue weighted by atomic mass is 19.1. The maximum atomic E-state index is 13.3. The normalized spacial score (nSPS) is 9.62. The molecule has 0 unspecified atom stereocenters. The van der Waals surface area contributed by atoms with Crippen LogP contribution in [-0.2, 0) is 4.79 Å². The lowest BCUT2D eigenvalue weighted by Crippen LogP contribution is -2.33. The Hall–Kier alpha value is -2.11. The average Bonchev–Trinajstić information content (AvgIpc) is 2.19. The van der Waals surface area contributed by atoms with Gasteiger partial charge in [-0.3, -0.25) is 4.79 Å². The van der Waals surface area contributed by atoms with E-state index in [1.165, 1.54) is 12.1 Å². The van der Waals surface area contributed by atoms with Crippen molar-refractivity contribution in [2.24, 2.45) is 0 Å². The Balaban J connectivity index is 2.59. The van der Waals surface area contributed by atoms with E-state index >= 15 is 0 Å². The molecule has 0 bridgehead atoms. The second-order valence-electron chi connectivity index (χ2n) is 3.18. The van der Waals surface area contributed by atoms with Crippen molar-refractivity contribution in [3.8, 4) is 0 Å². The third-order valence-electron chi connectivity index (χ3n) is 1.77. The molecule has 1 aromatic rings. The van der Waals surface area contributed by atoms with E-state index in [2.05, 4.69) is 10.6 Å². The summed E-state index contributed by atoms with van der Waals surface area (Å²) in [5.74, 6) is -1.73.